The molecular weight excluding hydrogens is 239 g/mol. The number of rotatable bonds is 1. The Hall–Kier alpha value is -1.07. The van der Waals surface area contributed by atoms with Crippen molar-refractivity contribution >= 4 is 13.3 Å². The first-order valence-electron chi connectivity index (χ1n) is 6.85. The minimum Gasteiger partial charge on any atom is -0.398 e. The fourth-order valence-corrected chi connectivity index (χ4v) is 2.69. The van der Waals surface area contributed by atoms with Gasteiger partial charge in [-0.2, -0.15) is 0 Å². The van der Waals surface area contributed by atoms with Crippen LogP contribution in [-0.2, 0) is 9.31 Å². The number of allylic oxidation sites excluding steroid dienone is 1. The summed E-state index contributed by atoms with van der Waals surface area (Å²) < 4.78 is 12.2. The fourth-order valence-electron chi connectivity index (χ4n) is 2.69. The number of nitrogens with zero attached hydrogens (tertiary/aromatic N) is 2. The maximum absolute atomic E-state index is 6.11. The van der Waals surface area contributed by atoms with E-state index in [9.17, 15) is 0 Å². The van der Waals surface area contributed by atoms with Gasteiger partial charge in [0.05, 0.1) is 16.8 Å². The lowest BCUT2D eigenvalue weighted by Gasteiger charge is -2.32. The van der Waals surface area contributed by atoms with Gasteiger partial charge in [0.15, 0.2) is 0 Å². The van der Waals surface area contributed by atoms with Crippen molar-refractivity contribution < 1.29 is 9.31 Å². The van der Waals surface area contributed by atoms with Crippen molar-refractivity contribution in [3.8, 4) is 0 Å². The molecule has 3 rings (SSSR count). The Labute approximate surface area is 115 Å². The smallest absolute Gasteiger partial charge is 0.398 e. The molecule has 0 spiro atoms. The van der Waals surface area contributed by atoms with Crippen molar-refractivity contribution in [1.82, 2.24) is 4.90 Å². The van der Waals surface area contributed by atoms with E-state index in [4.69, 9.17) is 9.31 Å². The quantitative estimate of drug-likeness (QED) is 0.679. The lowest BCUT2D eigenvalue weighted by Crippen LogP contribution is -2.41. The third-order valence-corrected chi connectivity index (χ3v) is 4.60. The predicted octanol–water partition coefficient (Wildman–Crippen LogP) is 2.38. The molecule has 102 valence electrons. The Morgan fingerprint density at radius 2 is 1.89 bits per heavy atom. The SMILES string of the molecule is CN1C=CC2CC=NC(B3OC(C)(C)C(C)(C)O3)=C21. The third kappa shape index (κ3) is 1.87. The highest BCUT2D eigenvalue weighted by Crippen LogP contribution is 2.42. The summed E-state index contributed by atoms with van der Waals surface area (Å²) in [6.45, 7) is 8.27. The van der Waals surface area contributed by atoms with Crippen molar-refractivity contribution in [3.05, 3.63) is 23.6 Å². The van der Waals surface area contributed by atoms with E-state index in [0.717, 1.165) is 12.0 Å². The molecule has 0 amide bonds. The molecule has 1 fully saturated rings. The first-order valence-corrected chi connectivity index (χ1v) is 6.85. The largest absolute Gasteiger partial charge is 0.516 e. The predicted molar refractivity (Wildman–Crippen MR) is 76.6 cm³/mol. The molecule has 5 heteroatoms. The second kappa shape index (κ2) is 3.96. The number of hydrogen-bond donors (Lipinski definition) is 0. The van der Waals surface area contributed by atoms with Crippen LogP contribution in [-0.4, -0.2) is 36.5 Å². The Balaban J connectivity index is 1.96. The van der Waals surface area contributed by atoms with Crippen LogP contribution in [0.15, 0.2) is 28.6 Å². The summed E-state index contributed by atoms with van der Waals surface area (Å²) in [5, 5.41) is 0. The van der Waals surface area contributed by atoms with Crippen molar-refractivity contribution in [2.75, 3.05) is 7.05 Å². The van der Waals surface area contributed by atoms with E-state index < -0.39 is 0 Å². The molecule has 0 aliphatic carbocycles. The molecular formula is C14H21BN2O2. The molecule has 0 bridgehead atoms. The van der Waals surface area contributed by atoms with Gasteiger partial charge in [0.25, 0.3) is 0 Å². The zero-order chi connectivity index (χ0) is 13.8. The highest BCUT2D eigenvalue weighted by Gasteiger charge is 2.54. The van der Waals surface area contributed by atoms with Crippen LogP contribution in [0.2, 0.25) is 0 Å². The van der Waals surface area contributed by atoms with Crippen LogP contribution in [0.25, 0.3) is 0 Å². The fraction of sp³-hybridized carbons (Fsp3) is 0.643. The zero-order valence-electron chi connectivity index (χ0n) is 12.3. The van der Waals surface area contributed by atoms with E-state index in [1.807, 2.05) is 6.21 Å². The van der Waals surface area contributed by atoms with Crippen LogP contribution >= 0.6 is 0 Å². The third-order valence-electron chi connectivity index (χ3n) is 4.60. The molecule has 4 nitrogen and oxygen atoms in total. The van der Waals surface area contributed by atoms with Gasteiger partial charge < -0.3 is 14.2 Å². The molecule has 0 N–H and O–H groups in total. The Morgan fingerprint density at radius 1 is 1.26 bits per heavy atom. The van der Waals surface area contributed by atoms with Gasteiger partial charge in [-0.1, -0.05) is 6.08 Å². The van der Waals surface area contributed by atoms with E-state index in [2.05, 4.69) is 56.9 Å². The summed E-state index contributed by atoms with van der Waals surface area (Å²) in [6, 6.07) is 0. The molecule has 0 saturated carbocycles. The van der Waals surface area contributed by atoms with Crippen molar-refractivity contribution in [1.29, 1.82) is 0 Å². The number of fused-ring (bicyclic) bond motifs is 1. The second-order valence-electron chi connectivity index (χ2n) is 6.47. The molecule has 0 aromatic carbocycles. The van der Waals surface area contributed by atoms with Crippen LogP contribution < -0.4 is 0 Å². The van der Waals surface area contributed by atoms with Gasteiger partial charge in [0.1, 0.15) is 0 Å². The highest BCUT2D eigenvalue weighted by molar-refractivity contribution is 6.55. The van der Waals surface area contributed by atoms with Gasteiger partial charge in [0.2, 0.25) is 0 Å². The molecule has 0 aromatic rings. The van der Waals surface area contributed by atoms with E-state index in [-0.39, 0.29) is 18.3 Å². The number of aliphatic imine (C=N–C) groups is 1. The first-order chi connectivity index (χ1) is 8.82. The molecule has 1 saturated heterocycles. The normalized spacial score (nSPS) is 31.3. The lowest BCUT2D eigenvalue weighted by atomic mass is 9.79. The van der Waals surface area contributed by atoms with Crippen LogP contribution in [0, 0.1) is 5.92 Å². The summed E-state index contributed by atoms with van der Waals surface area (Å²) in [4.78, 5) is 6.69. The molecule has 1 unspecified atom stereocenters. The average molecular weight is 260 g/mol. The molecule has 3 aliphatic rings. The van der Waals surface area contributed by atoms with Crippen molar-refractivity contribution in [2.45, 2.75) is 45.3 Å². The van der Waals surface area contributed by atoms with Crippen LogP contribution in [0.4, 0.5) is 0 Å². The van der Waals surface area contributed by atoms with Crippen molar-refractivity contribution in [3.63, 3.8) is 0 Å². The van der Waals surface area contributed by atoms with E-state index in [1.54, 1.807) is 0 Å². The molecule has 0 aromatic heterocycles. The molecule has 3 heterocycles. The molecule has 19 heavy (non-hydrogen) atoms. The maximum Gasteiger partial charge on any atom is 0.516 e. The van der Waals surface area contributed by atoms with Gasteiger partial charge in [-0.05, 0) is 34.1 Å². The minimum absolute atomic E-state index is 0.321. The topological polar surface area (TPSA) is 34.1 Å². The average Bonchev–Trinajstić information content (AvgIpc) is 2.78. The van der Waals surface area contributed by atoms with Crippen LogP contribution in [0.1, 0.15) is 34.1 Å². The Bertz CT molecular complexity index is 478. The summed E-state index contributed by atoms with van der Waals surface area (Å²) in [6.07, 6.45) is 7.24. The zero-order valence-corrected chi connectivity index (χ0v) is 12.3. The lowest BCUT2D eigenvalue weighted by molar-refractivity contribution is 0.00578. The van der Waals surface area contributed by atoms with Gasteiger partial charge in [-0.3, -0.25) is 4.99 Å². The Morgan fingerprint density at radius 3 is 2.53 bits per heavy atom. The van der Waals surface area contributed by atoms with E-state index >= 15 is 0 Å². The van der Waals surface area contributed by atoms with E-state index in [0.29, 0.717) is 5.92 Å². The van der Waals surface area contributed by atoms with Crippen LogP contribution in [0.3, 0.4) is 0 Å². The minimum atomic E-state index is -0.374. The van der Waals surface area contributed by atoms with Crippen molar-refractivity contribution in [2.24, 2.45) is 10.9 Å². The first kappa shape index (κ1) is 12.9. The molecule has 1 atom stereocenters. The van der Waals surface area contributed by atoms with Crippen LogP contribution in [0.5, 0.6) is 0 Å². The molecule has 3 aliphatic heterocycles. The monoisotopic (exact) mass is 260 g/mol. The maximum atomic E-state index is 6.11. The molecule has 0 radical (unpaired) electrons. The summed E-state index contributed by atoms with van der Waals surface area (Å²) >= 11 is 0. The second-order valence-corrected chi connectivity index (χ2v) is 6.47. The van der Waals surface area contributed by atoms with Gasteiger partial charge >= 0.3 is 7.12 Å². The Kier molecular flexibility index (Phi) is 2.70. The van der Waals surface area contributed by atoms with Gasteiger partial charge in [0, 0.05) is 31.1 Å². The highest BCUT2D eigenvalue weighted by atomic mass is 16.7. The standard InChI is InChI=1S/C14H21BN2O2/c1-13(2)14(3,4)19-15(18-13)12-11-10(6-8-16-12)7-9-17(11)5/h7-10H,6H2,1-5H3. The van der Waals surface area contributed by atoms with Gasteiger partial charge in [-0.25, -0.2) is 0 Å². The summed E-state index contributed by atoms with van der Waals surface area (Å²) in [5.74, 6) is 0.413. The number of hydrogen-bond acceptors (Lipinski definition) is 4. The van der Waals surface area contributed by atoms with Gasteiger partial charge in [-0.15, -0.1) is 0 Å². The van der Waals surface area contributed by atoms with E-state index in [1.165, 1.54) is 5.70 Å². The summed E-state index contributed by atoms with van der Waals surface area (Å²) in [7, 11) is 1.68. The summed E-state index contributed by atoms with van der Waals surface area (Å²) in [5.41, 5.74) is 1.49.